The molecule has 21 heavy (non-hydrogen) atoms. The number of hydrogen-bond acceptors (Lipinski definition) is 3. The summed E-state index contributed by atoms with van der Waals surface area (Å²) < 4.78 is 5.43. The van der Waals surface area contributed by atoms with Crippen molar-refractivity contribution in [1.82, 2.24) is 10.2 Å². The van der Waals surface area contributed by atoms with Crippen molar-refractivity contribution in [2.45, 2.75) is 59.5 Å². The van der Waals surface area contributed by atoms with Gasteiger partial charge in [-0.25, -0.2) is 4.79 Å². The summed E-state index contributed by atoms with van der Waals surface area (Å²) in [6.45, 7) is 14.3. The molecule has 0 bridgehead atoms. The molecule has 0 spiro atoms. The summed E-state index contributed by atoms with van der Waals surface area (Å²) in [5.41, 5.74) is 0.166. The molecular formula is C17H32N2O2. The van der Waals surface area contributed by atoms with Gasteiger partial charge in [0.1, 0.15) is 5.60 Å². The minimum absolute atomic E-state index is 0.159. The molecule has 0 radical (unpaired) electrons. The summed E-state index contributed by atoms with van der Waals surface area (Å²) >= 11 is 0. The van der Waals surface area contributed by atoms with Gasteiger partial charge in [0.15, 0.2) is 0 Å². The SMILES string of the molecule is CC(C)(C)OC(=O)N1CCC(CNCC2CC2(C)C)CC1. The maximum Gasteiger partial charge on any atom is 0.410 e. The van der Waals surface area contributed by atoms with Crippen molar-refractivity contribution < 1.29 is 9.53 Å². The molecule has 4 heteroatoms. The Kier molecular flexibility index (Phi) is 4.86. The van der Waals surface area contributed by atoms with Crippen molar-refractivity contribution in [2.24, 2.45) is 17.3 Å². The van der Waals surface area contributed by atoms with Gasteiger partial charge in [-0.2, -0.15) is 0 Å². The number of ether oxygens (including phenoxy) is 1. The highest BCUT2D eigenvalue weighted by molar-refractivity contribution is 5.68. The smallest absolute Gasteiger partial charge is 0.410 e. The molecular weight excluding hydrogens is 264 g/mol. The van der Waals surface area contributed by atoms with E-state index >= 15 is 0 Å². The van der Waals surface area contributed by atoms with Gasteiger partial charge in [-0.1, -0.05) is 13.8 Å². The molecule has 1 N–H and O–H groups in total. The summed E-state index contributed by atoms with van der Waals surface area (Å²) in [7, 11) is 0. The maximum atomic E-state index is 12.0. The number of carbonyl (C=O) groups is 1. The highest BCUT2D eigenvalue weighted by atomic mass is 16.6. The van der Waals surface area contributed by atoms with Gasteiger partial charge in [-0.05, 0) is 70.4 Å². The van der Waals surface area contributed by atoms with E-state index < -0.39 is 5.60 Å². The minimum atomic E-state index is -0.396. The quantitative estimate of drug-likeness (QED) is 0.865. The summed E-state index contributed by atoms with van der Waals surface area (Å²) in [5, 5.41) is 3.62. The first kappa shape index (κ1) is 16.6. The zero-order valence-electron chi connectivity index (χ0n) is 14.4. The zero-order chi connectivity index (χ0) is 15.7. The van der Waals surface area contributed by atoms with E-state index in [2.05, 4.69) is 19.2 Å². The van der Waals surface area contributed by atoms with Crippen molar-refractivity contribution in [3.8, 4) is 0 Å². The number of amides is 1. The minimum Gasteiger partial charge on any atom is -0.444 e. The van der Waals surface area contributed by atoms with Gasteiger partial charge in [-0.15, -0.1) is 0 Å². The first-order valence-electron chi connectivity index (χ1n) is 8.36. The molecule has 4 nitrogen and oxygen atoms in total. The lowest BCUT2D eigenvalue weighted by Gasteiger charge is -2.33. The van der Waals surface area contributed by atoms with E-state index in [4.69, 9.17) is 4.74 Å². The number of carbonyl (C=O) groups excluding carboxylic acids is 1. The van der Waals surface area contributed by atoms with E-state index in [1.165, 1.54) is 6.42 Å². The molecule has 1 heterocycles. The molecule has 0 aromatic heterocycles. The highest BCUT2D eigenvalue weighted by Gasteiger charge is 2.44. The molecule has 1 saturated carbocycles. The van der Waals surface area contributed by atoms with Crippen LogP contribution < -0.4 is 5.32 Å². The number of likely N-dealkylation sites (tertiary alicyclic amines) is 1. The van der Waals surface area contributed by atoms with Crippen LogP contribution in [0, 0.1) is 17.3 Å². The van der Waals surface area contributed by atoms with E-state index in [1.54, 1.807) is 0 Å². The lowest BCUT2D eigenvalue weighted by atomic mass is 9.97. The highest BCUT2D eigenvalue weighted by Crippen LogP contribution is 2.50. The van der Waals surface area contributed by atoms with Crippen LogP contribution in [0.4, 0.5) is 4.79 Å². The van der Waals surface area contributed by atoms with Crippen LogP contribution in [0.25, 0.3) is 0 Å². The molecule has 2 rings (SSSR count). The molecule has 122 valence electrons. The third-order valence-electron chi connectivity index (χ3n) is 4.81. The number of hydrogen-bond donors (Lipinski definition) is 1. The van der Waals surface area contributed by atoms with Gasteiger partial charge in [0.25, 0.3) is 0 Å². The van der Waals surface area contributed by atoms with Gasteiger partial charge in [0.2, 0.25) is 0 Å². The van der Waals surface area contributed by atoms with Crippen LogP contribution in [-0.4, -0.2) is 42.8 Å². The molecule has 2 aliphatic rings. The Balaban J connectivity index is 1.61. The van der Waals surface area contributed by atoms with Crippen LogP contribution in [0.2, 0.25) is 0 Å². The third-order valence-corrected chi connectivity index (χ3v) is 4.81. The van der Waals surface area contributed by atoms with Crippen molar-refractivity contribution in [1.29, 1.82) is 0 Å². The van der Waals surface area contributed by atoms with E-state index in [-0.39, 0.29) is 6.09 Å². The molecule has 1 saturated heterocycles. The van der Waals surface area contributed by atoms with Gasteiger partial charge >= 0.3 is 6.09 Å². The normalized spacial score (nSPS) is 25.8. The van der Waals surface area contributed by atoms with Gasteiger partial charge in [-0.3, -0.25) is 0 Å². The fourth-order valence-electron chi connectivity index (χ4n) is 3.03. The Labute approximate surface area is 129 Å². The number of piperidine rings is 1. The van der Waals surface area contributed by atoms with Crippen LogP contribution in [0.15, 0.2) is 0 Å². The van der Waals surface area contributed by atoms with Crippen molar-refractivity contribution in [3.63, 3.8) is 0 Å². The van der Waals surface area contributed by atoms with E-state index in [9.17, 15) is 4.79 Å². The Morgan fingerprint density at radius 1 is 1.24 bits per heavy atom. The third kappa shape index (κ3) is 5.17. The largest absolute Gasteiger partial charge is 0.444 e. The van der Waals surface area contributed by atoms with Crippen molar-refractivity contribution in [2.75, 3.05) is 26.2 Å². The van der Waals surface area contributed by atoms with Crippen LogP contribution >= 0.6 is 0 Å². The zero-order valence-corrected chi connectivity index (χ0v) is 14.4. The average molecular weight is 296 g/mol. The van der Waals surface area contributed by atoms with Crippen molar-refractivity contribution >= 4 is 6.09 Å². The van der Waals surface area contributed by atoms with E-state index in [1.807, 2.05) is 25.7 Å². The molecule has 1 aliphatic carbocycles. The lowest BCUT2D eigenvalue weighted by Crippen LogP contribution is -2.43. The lowest BCUT2D eigenvalue weighted by molar-refractivity contribution is 0.0184. The van der Waals surface area contributed by atoms with Crippen LogP contribution in [0.3, 0.4) is 0 Å². The molecule has 0 aromatic rings. The molecule has 1 aliphatic heterocycles. The molecule has 0 aromatic carbocycles. The van der Waals surface area contributed by atoms with Gasteiger partial charge in [0.05, 0.1) is 0 Å². The standard InChI is InChI=1S/C17H32N2O2/c1-16(2,3)21-15(20)19-8-6-13(7-9-19)11-18-12-14-10-17(14,4)5/h13-14,18H,6-12H2,1-5H3. The molecule has 2 fully saturated rings. The predicted octanol–water partition coefficient (Wildman–Crippen LogP) is 3.27. The number of nitrogens with one attached hydrogen (secondary N) is 1. The van der Waals surface area contributed by atoms with Gasteiger partial charge in [0, 0.05) is 13.1 Å². The second-order valence-electron chi connectivity index (χ2n) is 8.46. The summed E-state index contributed by atoms with van der Waals surface area (Å²) in [6.07, 6.45) is 3.37. The Hall–Kier alpha value is -0.770. The maximum absolute atomic E-state index is 12.0. The monoisotopic (exact) mass is 296 g/mol. The Morgan fingerprint density at radius 2 is 1.81 bits per heavy atom. The molecule has 1 unspecified atom stereocenters. The van der Waals surface area contributed by atoms with E-state index in [0.29, 0.717) is 11.3 Å². The topological polar surface area (TPSA) is 41.6 Å². The average Bonchev–Trinajstić information content (AvgIpc) is 2.95. The summed E-state index contributed by atoms with van der Waals surface area (Å²) in [6, 6.07) is 0. The van der Waals surface area contributed by atoms with Crippen LogP contribution in [-0.2, 0) is 4.74 Å². The Morgan fingerprint density at radius 3 is 2.29 bits per heavy atom. The van der Waals surface area contributed by atoms with Crippen molar-refractivity contribution in [3.05, 3.63) is 0 Å². The summed E-state index contributed by atoms with van der Waals surface area (Å²) in [5.74, 6) is 1.56. The molecule has 1 atom stereocenters. The molecule has 1 amide bonds. The van der Waals surface area contributed by atoms with Crippen LogP contribution in [0.5, 0.6) is 0 Å². The van der Waals surface area contributed by atoms with Crippen LogP contribution in [0.1, 0.15) is 53.9 Å². The first-order chi connectivity index (χ1) is 9.67. The Bertz CT molecular complexity index is 365. The second kappa shape index (κ2) is 6.15. The fourth-order valence-corrected chi connectivity index (χ4v) is 3.03. The van der Waals surface area contributed by atoms with E-state index in [0.717, 1.165) is 44.9 Å². The first-order valence-corrected chi connectivity index (χ1v) is 8.36. The summed E-state index contributed by atoms with van der Waals surface area (Å²) in [4.78, 5) is 13.8. The van der Waals surface area contributed by atoms with Gasteiger partial charge < -0.3 is 15.0 Å². The second-order valence-corrected chi connectivity index (χ2v) is 8.46. The number of rotatable bonds is 4. The predicted molar refractivity (Wildman–Crippen MR) is 85.3 cm³/mol. The number of nitrogens with zero attached hydrogens (tertiary/aromatic N) is 1. The fraction of sp³-hybridized carbons (Fsp3) is 0.941.